The molecule has 1 aromatic carbocycles. The van der Waals surface area contributed by atoms with Crippen LogP contribution in [0, 0.1) is 0 Å². The van der Waals surface area contributed by atoms with Crippen molar-refractivity contribution >= 4 is 23.8 Å². The maximum absolute atomic E-state index is 13.0. The van der Waals surface area contributed by atoms with E-state index >= 15 is 0 Å². The molecule has 0 bridgehead atoms. The van der Waals surface area contributed by atoms with E-state index in [0.29, 0.717) is 0 Å². The normalized spacial score (nSPS) is 12.1. The van der Waals surface area contributed by atoms with Gasteiger partial charge in [0.15, 0.2) is 17.5 Å². The molecule has 2 unspecified atom stereocenters. The minimum absolute atomic E-state index is 0.0735. The quantitative estimate of drug-likeness (QED) is 0.439. The monoisotopic (exact) mass is 488 g/mol. The van der Waals surface area contributed by atoms with Gasteiger partial charge in [0.2, 0.25) is 5.75 Å². The zero-order valence-corrected chi connectivity index (χ0v) is 19.9. The first kappa shape index (κ1) is 27.3. The van der Waals surface area contributed by atoms with Crippen LogP contribution in [0.5, 0.6) is 11.5 Å². The molecule has 11 nitrogen and oxygen atoms in total. The van der Waals surface area contributed by atoms with Crippen LogP contribution in [-0.2, 0) is 28.6 Å². The molecule has 2 atom stereocenters. The van der Waals surface area contributed by atoms with Crippen LogP contribution in [0.3, 0.4) is 0 Å². The highest BCUT2D eigenvalue weighted by Crippen LogP contribution is 2.30. The molecule has 1 amide bonds. The molecule has 1 heterocycles. The molecule has 0 aliphatic rings. The van der Waals surface area contributed by atoms with Gasteiger partial charge in [-0.05, 0) is 12.5 Å². The van der Waals surface area contributed by atoms with Gasteiger partial charge in [0.05, 0.1) is 33.2 Å². The fourth-order valence-electron chi connectivity index (χ4n) is 2.91. The number of nitrogens with one attached hydrogen (secondary N) is 1. The SMILES string of the molecule is COCCC(=O)Oc1c(OC)ccnc1C(=O)NC(COC(=O)C(C)c1ccccc1)C(=O)OC. The number of carbonyl (C=O) groups excluding carboxylic acids is 4. The fourth-order valence-corrected chi connectivity index (χ4v) is 2.91. The van der Waals surface area contributed by atoms with Gasteiger partial charge in [-0.1, -0.05) is 30.3 Å². The van der Waals surface area contributed by atoms with Gasteiger partial charge in [0.25, 0.3) is 5.91 Å². The molecule has 0 saturated heterocycles. The molecule has 11 heteroatoms. The third-order valence-corrected chi connectivity index (χ3v) is 4.87. The second kappa shape index (κ2) is 13.7. The number of carbonyl (C=O) groups is 4. The number of hydrogen-bond donors (Lipinski definition) is 1. The molecule has 2 aromatic rings. The third-order valence-electron chi connectivity index (χ3n) is 4.87. The van der Waals surface area contributed by atoms with Crippen molar-refractivity contribution in [2.24, 2.45) is 0 Å². The smallest absolute Gasteiger partial charge is 0.331 e. The van der Waals surface area contributed by atoms with Crippen molar-refractivity contribution in [1.82, 2.24) is 10.3 Å². The Morgan fingerprint density at radius 2 is 1.71 bits per heavy atom. The Balaban J connectivity index is 2.16. The number of aromatic nitrogens is 1. The van der Waals surface area contributed by atoms with Crippen molar-refractivity contribution in [2.45, 2.75) is 25.3 Å². The summed E-state index contributed by atoms with van der Waals surface area (Å²) < 4.78 is 25.3. The van der Waals surface area contributed by atoms with Gasteiger partial charge >= 0.3 is 17.9 Å². The van der Waals surface area contributed by atoms with E-state index in [2.05, 4.69) is 10.3 Å². The molecular formula is C24H28N2O9. The van der Waals surface area contributed by atoms with Gasteiger partial charge < -0.3 is 29.0 Å². The van der Waals surface area contributed by atoms with Gasteiger partial charge in [-0.3, -0.25) is 14.4 Å². The zero-order valence-electron chi connectivity index (χ0n) is 19.9. The predicted molar refractivity (Wildman–Crippen MR) is 122 cm³/mol. The van der Waals surface area contributed by atoms with Gasteiger partial charge in [0.1, 0.15) is 6.61 Å². The number of esters is 3. The van der Waals surface area contributed by atoms with Crippen LogP contribution in [0.4, 0.5) is 0 Å². The molecule has 188 valence electrons. The first-order valence-corrected chi connectivity index (χ1v) is 10.6. The molecular weight excluding hydrogens is 460 g/mol. The Labute approximate surface area is 202 Å². The van der Waals surface area contributed by atoms with E-state index in [1.54, 1.807) is 31.2 Å². The summed E-state index contributed by atoms with van der Waals surface area (Å²) in [6.45, 7) is 1.29. The summed E-state index contributed by atoms with van der Waals surface area (Å²) in [4.78, 5) is 53.8. The highest BCUT2D eigenvalue weighted by molar-refractivity contribution is 5.98. The van der Waals surface area contributed by atoms with E-state index in [-0.39, 0.29) is 30.2 Å². The number of pyridine rings is 1. The maximum atomic E-state index is 13.0. The van der Waals surface area contributed by atoms with Crippen LogP contribution < -0.4 is 14.8 Å². The summed E-state index contributed by atoms with van der Waals surface area (Å²) in [5, 5.41) is 2.40. The zero-order chi connectivity index (χ0) is 25.8. The average molecular weight is 488 g/mol. The minimum Gasteiger partial charge on any atom is -0.493 e. The second-order valence-electron chi connectivity index (χ2n) is 7.22. The van der Waals surface area contributed by atoms with Crippen LogP contribution in [0.15, 0.2) is 42.6 Å². The van der Waals surface area contributed by atoms with Crippen LogP contribution in [-0.4, -0.2) is 69.4 Å². The van der Waals surface area contributed by atoms with E-state index in [9.17, 15) is 19.2 Å². The number of hydrogen-bond acceptors (Lipinski definition) is 10. The number of nitrogens with zero attached hydrogens (tertiary/aromatic N) is 1. The van der Waals surface area contributed by atoms with E-state index in [0.717, 1.165) is 12.7 Å². The van der Waals surface area contributed by atoms with Crippen molar-refractivity contribution in [1.29, 1.82) is 0 Å². The lowest BCUT2D eigenvalue weighted by Crippen LogP contribution is -2.45. The van der Waals surface area contributed by atoms with Crippen molar-refractivity contribution in [2.75, 3.05) is 34.5 Å². The van der Waals surface area contributed by atoms with Crippen molar-refractivity contribution in [3.05, 3.63) is 53.9 Å². The van der Waals surface area contributed by atoms with E-state index in [1.807, 2.05) is 6.07 Å². The first-order valence-electron chi connectivity index (χ1n) is 10.6. The van der Waals surface area contributed by atoms with Crippen LogP contribution >= 0.6 is 0 Å². The van der Waals surface area contributed by atoms with Crippen molar-refractivity contribution in [3.8, 4) is 11.5 Å². The Morgan fingerprint density at radius 1 is 1.00 bits per heavy atom. The highest BCUT2D eigenvalue weighted by atomic mass is 16.6. The number of ether oxygens (including phenoxy) is 5. The Hall–Kier alpha value is -3.99. The summed E-state index contributed by atoms with van der Waals surface area (Å²) in [6, 6.07) is 9.00. The van der Waals surface area contributed by atoms with Crippen LogP contribution in [0.1, 0.15) is 35.3 Å². The second-order valence-corrected chi connectivity index (χ2v) is 7.22. The van der Waals surface area contributed by atoms with Crippen molar-refractivity contribution < 1.29 is 42.9 Å². The summed E-state index contributed by atoms with van der Waals surface area (Å²) in [5.41, 5.74) is 0.421. The standard InChI is InChI=1S/C24H28N2O9/c1-15(16-8-6-5-7-9-16)23(29)34-14-17(24(30)33-4)26-22(28)20-21(18(32-3)10-12-25-20)35-19(27)11-13-31-2/h5-10,12,15,17H,11,13-14H2,1-4H3,(H,26,28). The number of amides is 1. The largest absolute Gasteiger partial charge is 0.493 e. The van der Waals surface area contributed by atoms with Crippen LogP contribution in [0.25, 0.3) is 0 Å². The lowest BCUT2D eigenvalue weighted by molar-refractivity contribution is -0.151. The average Bonchev–Trinajstić information content (AvgIpc) is 2.89. The van der Waals surface area contributed by atoms with Crippen LogP contribution in [0.2, 0.25) is 0 Å². The fraction of sp³-hybridized carbons (Fsp3) is 0.375. The maximum Gasteiger partial charge on any atom is 0.331 e. The lowest BCUT2D eigenvalue weighted by Gasteiger charge is -2.19. The lowest BCUT2D eigenvalue weighted by atomic mass is 10.0. The number of rotatable bonds is 12. The van der Waals surface area contributed by atoms with Crippen molar-refractivity contribution in [3.63, 3.8) is 0 Å². The summed E-state index contributed by atoms with van der Waals surface area (Å²) in [7, 11) is 3.88. The minimum atomic E-state index is -1.34. The molecule has 2 rings (SSSR count). The Morgan fingerprint density at radius 3 is 2.34 bits per heavy atom. The number of benzene rings is 1. The van der Waals surface area contributed by atoms with E-state index in [4.69, 9.17) is 23.7 Å². The predicted octanol–water partition coefficient (Wildman–Crippen LogP) is 1.65. The molecule has 0 spiro atoms. The number of methoxy groups -OCH3 is 3. The molecule has 0 aliphatic carbocycles. The molecule has 0 saturated carbocycles. The Kier molecular flexibility index (Phi) is 10.6. The first-order chi connectivity index (χ1) is 16.8. The van der Waals surface area contributed by atoms with E-state index in [1.165, 1.54) is 26.5 Å². The topological polar surface area (TPSA) is 139 Å². The molecule has 0 aliphatic heterocycles. The third kappa shape index (κ3) is 7.78. The van der Waals surface area contributed by atoms with E-state index < -0.39 is 42.4 Å². The molecule has 0 radical (unpaired) electrons. The Bertz CT molecular complexity index is 1030. The molecule has 0 fully saturated rings. The molecule has 35 heavy (non-hydrogen) atoms. The van der Waals surface area contributed by atoms with Gasteiger partial charge in [-0.2, -0.15) is 0 Å². The molecule has 1 aromatic heterocycles. The van der Waals surface area contributed by atoms with Gasteiger partial charge in [-0.25, -0.2) is 9.78 Å². The summed E-state index contributed by atoms with van der Waals surface area (Å²) in [6.07, 6.45) is 1.20. The molecule has 1 N–H and O–H groups in total. The summed E-state index contributed by atoms with van der Waals surface area (Å²) in [5.74, 6) is -3.74. The highest BCUT2D eigenvalue weighted by Gasteiger charge is 2.29. The van der Waals surface area contributed by atoms with Gasteiger partial charge in [-0.15, -0.1) is 0 Å². The van der Waals surface area contributed by atoms with Gasteiger partial charge in [0, 0.05) is 19.4 Å². The summed E-state index contributed by atoms with van der Waals surface area (Å²) >= 11 is 0.